The lowest BCUT2D eigenvalue weighted by molar-refractivity contribution is -0.148. The molecule has 1 amide bonds. The Balaban J connectivity index is 2.13. The third-order valence-corrected chi connectivity index (χ3v) is 5.62. The van der Waals surface area contributed by atoms with Gasteiger partial charge in [-0.15, -0.1) is 0 Å². The highest BCUT2D eigenvalue weighted by molar-refractivity contribution is 5.70. The first-order valence-corrected chi connectivity index (χ1v) is 10.0. The van der Waals surface area contributed by atoms with Crippen molar-refractivity contribution in [2.24, 2.45) is 0 Å². The smallest absolute Gasteiger partial charge is 0.407 e. The number of carbonyl (C=O) groups is 2. The maximum Gasteiger partial charge on any atom is 0.407 e. The molecule has 0 radical (unpaired) electrons. The highest BCUT2D eigenvalue weighted by atomic mass is 19.1. The molecule has 2 N–H and O–H groups in total. The molecule has 0 unspecified atom stereocenters. The summed E-state index contributed by atoms with van der Waals surface area (Å²) in [6.07, 6.45) is -0.591. The minimum Gasteiger partial charge on any atom is -0.465 e. The molecule has 0 spiro atoms. The number of carbonyl (C=O) groups excluding carboxylic acids is 1. The van der Waals surface area contributed by atoms with Gasteiger partial charge in [0.25, 0.3) is 0 Å². The van der Waals surface area contributed by atoms with E-state index in [1.54, 1.807) is 12.1 Å². The van der Waals surface area contributed by atoms with E-state index in [-0.39, 0.29) is 43.7 Å². The van der Waals surface area contributed by atoms with Gasteiger partial charge in [-0.05, 0) is 35.6 Å². The maximum absolute atomic E-state index is 15.1. The van der Waals surface area contributed by atoms with Crippen LogP contribution in [0.3, 0.4) is 0 Å². The van der Waals surface area contributed by atoms with Gasteiger partial charge in [0.1, 0.15) is 23.8 Å². The lowest BCUT2D eigenvalue weighted by atomic mass is 9.79. The number of carboxylic acid groups (broad SMARTS) is 1. The molecule has 0 aliphatic carbocycles. The predicted octanol–water partition coefficient (Wildman–Crippen LogP) is 3.60. The Kier molecular flexibility index (Phi) is 6.84. The van der Waals surface area contributed by atoms with E-state index < -0.39 is 23.6 Å². The van der Waals surface area contributed by atoms with E-state index >= 15 is 4.39 Å². The number of morpholine rings is 1. The lowest BCUT2D eigenvalue weighted by Crippen LogP contribution is -2.54. The molecular weight excluding hydrogens is 389 g/mol. The van der Waals surface area contributed by atoms with E-state index in [1.807, 2.05) is 25.1 Å². The summed E-state index contributed by atoms with van der Waals surface area (Å²) in [7, 11) is 0. The molecule has 1 aliphatic heterocycles. The molecule has 6 nitrogen and oxygen atoms in total. The fourth-order valence-corrected chi connectivity index (χ4v) is 3.99. The highest BCUT2D eigenvalue weighted by Gasteiger charge is 2.44. The van der Waals surface area contributed by atoms with Crippen molar-refractivity contribution in [2.45, 2.75) is 37.9 Å². The van der Waals surface area contributed by atoms with Crippen LogP contribution in [0.2, 0.25) is 0 Å². The normalized spacial score (nSPS) is 18.6. The predicted molar refractivity (Wildman–Crippen MR) is 110 cm³/mol. The van der Waals surface area contributed by atoms with Crippen LogP contribution in [0.5, 0.6) is 0 Å². The second-order valence-corrected chi connectivity index (χ2v) is 7.43. The SMILES string of the molecule is CCc1cccc(-c2c(F)cccc2[C@@](O)(CCC=O)[C@H]2CN(C(=O)O)CCO2)c1. The molecule has 2 aromatic carbocycles. The largest absolute Gasteiger partial charge is 0.465 e. The maximum atomic E-state index is 15.1. The number of benzene rings is 2. The van der Waals surface area contributed by atoms with Crippen LogP contribution in [0.1, 0.15) is 30.9 Å². The van der Waals surface area contributed by atoms with Crippen LogP contribution in [0.4, 0.5) is 9.18 Å². The molecule has 30 heavy (non-hydrogen) atoms. The molecule has 1 fully saturated rings. The van der Waals surface area contributed by atoms with E-state index in [2.05, 4.69) is 0 Å². The van der Waals surface area contributed by atoms with Gasteiger partial charge in [0.2, 0.25) is 0 Å². The number of aryl methyl sites for hydroxylation is 1. The van der Waals surface area contributed by atoms with Gasteiger partial charge in [-0.1, -0.05) is 43.3 Å². The summed E-state index contributed by atoms with van der Waals surface area (Å²) in [6.45, 7) is 2.22. The van der Waals surface area contributed by atoms with Crippen molar-refractivity contribution in [3.8, 4) is 11.1 Å². The van der Waals surface area contributed by atoms with E-state index in [1.165, 1.54) is 12.1 Å². The quantitative estimate of drug-likeness (QED) is 0.675. The second-order valence-electron chi connectivity index (χ2n) is 7.43. The summed E-state index contributed by atoms with van der Waals surface area (Å²) in [5.74, 6) is -0.504. The van der Waals surface area contributed by atoms with Crippen LogP contribution in [0, 0.1) is 5.82 Å². The van der Waals surface area contributed by atoms with Crippen LogP contribution >= 0.6 is 0 Å². The van der Waals surface area contributed by atoms with Crippen molar-refractivity contribution in [1.29, 1.82) is 0 Å². The Bertz CT molecular complexity index is 918. The van der Waals surface area contributed by atoms with Gasteiger partial charge in [0.05, 0.1) is 13.2 Å². The summed E-state index contributed by atoms with van der Waals surface area (Å²) in [5, 5.41) is 21.1. The van der Waals surface area contributed by atoms with Crippen molar-refractivity contribution in [2.75, 3.05) is 19.7 Å². The molecular formula is C23H26FNO5. The molecule has 0 aromatic heterocycles. The molecule has 7 heteroatoms. The van der Waals surface area contributed by atoms with Crippen molar-refractivity contribution in [3.63, 3.8) is 0 Å². The lowest BCUT2D eigenvalue weighted by Gasteiger charge is -2.42. The van der Waals surface area contributed by atoms with Gasteiger partial charge in [-0.25, -0.2) is 9.18 Å². The van der Waals surface area contributed by atoms with E-state index in [9.17, 15) is 19.8 Å². The molecule has 1 heterocycles. The average Bonchev–Trinajstić information content (AvgIpc) is 2.77. The Morgan fingerprint density at radius 3 is 2.80 bits per heavy atom. The van der Waals surface area contributed by atoms with Crippen molar-refractivity contribution < 1.29 is 28.9 Å². The van der Waals surface area contributed by atoms with Gasteiger partial charge >= 0.3 is 6.09 Å². The first-order chi connectivity index (χ1) is 14.4. The van der Waals surface area contributed by atoms with Crippen LogP contribution in [0.25, 0.3) is 11.1 Å². The second kappa shape index (κ2) is 9.36. The van der Waals surface area contributed by atoms with Gasteiger partial charge in [0.15, 0.2) is 0 Å². The molecule has 1 aliphatic rings. The number of hydrogen-bond acceptors (Lipinski definition) is 4. The monoisotopic (exact) mass is 415 g/mol. The molecule has 0 saturated carbocycles. The van der Waals surface area contributed by atoms with Gasteiger partial charge < -0.3 is 24.6 Å². The van der Waals surface area contributed by atoms with Crippen molar-refractivity contribution >= 4 is 12.4 Å². The highest BCUT2D eigenvalue weighted by Crippen LogP contribution is 2.40. The zero-order valence-corrected chi connectivity index (χ0v) is 16.9. The molecule has 1 saturated heterocycles. The van der Waals surface area contributed by atoms with Crippen LogP contribution in [-0.4, -0.2) is 53.3 Å². The summed E-state index contributed by atoms with van der Waals surface area (Å²) < 4.78 is 20.8. The first-order valence-electron chi connectivity index (χ1n) is 10.0. The van der Waals surface area contributed by atoms with E-state index in [0.717, 1.165) is 16.9 Å². The summed E-state index contributed by atoms with van der Waals surface area (Å²) in [5.41, 5.74) is 0.406. The number of hydrogen-bond donors (Lipinski definition) is 2. The summed E-state index contributed by atoms with van der Waals surface area (Å²) in [6, 6.07) is 11.9. The topological polar surface area (TPSA) is 87.1 Å². The van der Waals surface area contributed by atoms with Crippen LogP contribution in [-0.2, 0) is 21.6 Å². The third kappa shape index (κ3) is 4.37. The molecule has 0 bridgehead atoms. The Morgan fingerprint density at radius 1 is 1.33 bits per heavy atom. The fourth-order valence-electron chi connectivity index (χ4n) is 3.99. The summed E-state index contributed by atoms with van der Waals surface area (Å²) >= 11 is 0. The molecule has 3 rings (SSSR count). The van der Waals surface area contributed by atoms with Crippen LogP contribution in [0.15, 0.2) is 42.5 Å². The Labute approximate surface area is 174 Å². The molecule has 2 aromatic rings. The number of amides is 1. The van der Waals surface area contributed by atoms with Gasteiger partial charge in [0, 0.05) is 18.5 Å². The van der Waals surface area contributed by atoms with Crippen LogP contribution < -0.4 is 0 Å². The Morgan fingerprint density at radius 2 is 2.10 bits per heavy atom. The van der Waals surface area contributed by atoms with Gasteiger partial charge in [-0.2, -0.15) is 0 Å². The number of rotatable bonds is 7. The molecule has 160 valence electrons. The van der Waals surface area contributed by atoms with Crippen molar-refractivity contribution in [1.82, 2.24) is 4.90 Å². The average molecular weight is 415 g/mol. The van der Waals surface area contributed by atoms with Gasteiger partial charge in [-0.3, -0.25) is 0 Å². The zero-order valence-electron chi connectivity index (χ0n) is 16.9. The summed E-state index contributed by atoms with van der Waals surface area (Å²) in [4.78, 5) is 23.7. The standard InChI is InChI=1S/C23H26FNO5/c1-2-16-6-3-7-17(14-16)21-18(8-4-9-19(21)24)23(29,10-5-12-26)20-15-25(22(27)28)11-13-30-20/h3-4,6-9,12,14,20,29H,2,5,10-11,13,15H2,1H3,(H,27,28)/t20-,23+/m1/s1. The first kappa shape index (κ1) is 21.9. The minimum absolute atomic E-state index is 0.0153. The number of nitrogens with zero attached hydrogens (tertiary/aromatic N) is 1. The van der Waals surface area contributed by atoms with E-state index in [4.69, 9.17) is 4.74 Å². The molecule has 2 atom stereocenters. The van der Waals surface area contributed by atoms with Crippen molar-refractivity contribution in [3.05, 3.63) is 59.4 Å². The number of halogens is 1. The number of ether oxygens (including phenoxy) is 1. The number of aldehydes is 1. The fraction of sp³-hybridized carbons (Fsp3) is 0.391. The third-order valence-electron chi connectivity index (χ3n) is 5.62. The Hall–Kier alpha value is -2.77. The zero-order chi connectivity index (χ0) is 21.7. The van der Waals surface area contributed by atoms with E-state index in [0.29, 0.717) is 11.8 Å². The number of aliphatic hydroxyl groups is 1. The minimum atomic E-state index is -1.74.